The van der Waals surface area contributed by atoms with Crippen LogP contribution < -0.4 is 5.32 Å². The number of anilines is 1. The van der Waals surface area contributed by atoms with Gasteiger partial charge in [-0.3, -0.25) is 10.1 Å². The summed E-state index contributed by atoms with van der Waals surface area (Å²) in [5, 5.41) is 29.4. The first kappa shape index (κ1) is 17.4. The quantitative estimate of drug-likeness (QED) is 0.636. The summed E-state index contributed by atoms with van der Waals surface area (Å²) in [4.78, 5) is 12.4. The normalized spacial score (nSPS) is 15.3. The van der Waals surface area contributed by atoms with Gasteiger partial charge in [-0.15, -0.1) is 10.2 Å². The molecule has 0 aliphatic heterocycles. The highest BCUT2D eigenvalue weighted by atomic mass is 32.2. The van der Waals surface area contributed by atoms with Crippen LogP contribution in [0.15, 0.2) is 28.6 Å². The number of thioether (sulfide) groups is 1. The summed E-state index contributed by atoms with van der Waals surface area (Å²) in [5.74, 6) is 0.434. The second-order valence-corrected chi connectivity index (χ2v) is 8.03. The Balaban J connectivity index is 1.58. The number of aromatic nitrogens is 2. The SMILES string of the molecule is N#Cc1ccc(CSc2nnc(NC(=O)C3(C#N)CCCC3)s2)cc1. The molecule has 1 aliphatic carbocycles. The molecule has 2 aromatic rings. The summed E-state index contributed by atoms with van der Waals surface area (Å²) in [6, 6.07) is 11.6. The number of carbonyl (C=O) groups excluding carboxylic acids is 1. The Kier molecular flexibility index (Phi) is 5.32. The molecular formula is C17H15N5OS2. The molecular weight excluding hydrogens is 354 g/mol. The topological polar surface area (TPSA) is 102 Å². The fourth-order valence-electron chi connectivity index (χ4n) is 2.72. The standard InChI is InChI=1S/C17H15N5OS2/c18-9-12-3-5-13(6-4-12)10-24-16-22-21-15(25-16)20-14(23)17(11-19)7-1-2-8-17/h3-6H,1-2,7-8,10H2,(H,20,21,23). The van der Waals surface area contributed by atoms with E-state index < -0.39 is 5.41 Å². The molecule has 0 atom stereocenters. The second kappa shape index (κ2) is 7.64. The number of hydrogen-bond donors (Lipinski definition) is 1. The molecule has 1 fully saturated rings. The van der Waals surface area contributed by atoms with Gasteiger partial charge in [0.25, 0.3) is 0 Å². The molecule has 1 heterocycles. The van der Waals surface area contributed by atoms with Crippen molar-refractivity contribution in [3.05, 3.63) is 35.4 Å². The van der Waals surface area contributed by atoms with Crippen LogP contribution in [-0.2, 0) is 10.5 Å². The lowest BCUT2D eigenvalue weighted by Crippen LogP contribution is -2.32. The Hall–Kier alpha value is -2.42. The van der Waals surface area contributed by atoms with Crippen LogP contribution in [0.4, 0.5) is 5.13 Å². The van der Waals surface area contributed by atoms with Gasteiger partial charge in [0.05, 0.1) is 17.7 Å². The minimum absolute atomic E-state index is 0.271. The molecule has 1 N–H and O–H groups in total. The molecule has 3 rings (SSSR count). The van der Waals surface area contributed by atoms with E-state index in [1.165, 1.54) is 23.1 Å². The van der Waals surface area contributed by atoms with Gasteiger partial charge >= 0.3 is 0 Å². The summed E-state index contributed by atoms with van der Waals surface area (Å²) in [7, 11) is 0. The third-order valence-corrected chi connectivity index (χ3v) is 6.22. The van der Waals surface area contributed by atoms with Crippen LogP contribution in [0.1, 0.15) is 36.8 Å². The Labute approximate surface area is 153 Å². The van der Waals surface area contributed by atoms with Gasteiger partial charge in [-0.1, -0.05) is 48.1 Å². The van der Waals surface area contributed by atoms with Crippen molar-refractivity contribution in [2.24, 2.45) is 5.41 Å². The minimum Gasteiger partial charge on any atom is -0.299 e. The van der Waals surface area contributed by atoms with Gasteiger partial charge in [0.1, 0.15) is 5.41 Å². The third kappa shape index (κ3) is 3.98. The van der Waals surface area contributed by atoms with Crippen molar-refractivity contribution < 1.29 is 4.79 Å². The predicted molar refractivity (Wildman–Crippen MR) is 95.8 cm³/mol. The van der Waals surface area contributed by atoms with Gasteiger partial charge < -0.3 is 0 Å². The van der Waals surface area contributed by atoms with Crippen molar-refractivity contribution in [3.63, 3.8) is 0 Å². The lowest BCUT2D eigenvalue weighted by atomic mass is 9.87. The Bertz CT molecular complexity index is 841. The molecule has 126 valence electrons. The maximum atomic E-state index is 12.4. The van der Waals surface area contributed by atoms with E-state index in [0.717, 1.165) is 22.7 Å². The van der Waals surface area contributed by atoms with Crippen LogP contribution >= 0.6 is 23.1 Å². The number of rotatable bonds is 5. The molecule has 1 aromatic heterocycles. The highest BCUT2D eigenvalue weighted by molar-refractivity contribution is 8.00. The van der Waals surface area contributed by atoms with E-state index in [-0.39, 0.29) is 5.91 Å². The molecule has 6 nitrogen and oxygen atoms in total. The summed E-state index contributed by atoms with van der Waals surface area (Å²) in [6.07, 6.45) is 3.02. The molecule has 0 saturated heterocycles. The number of amides is 1. The third-order valence-electron chi connectivity index (χ3n) is 4.18. The highest BCUT2D eigenvalue weighted by Gasteiger charge is 2.41. The van der Waals surface area contributed by atoms with Gasteiger partial charge in [0.2, 0.25) is 11.0 Å². The fraction of sp³-hybridized carbons (Fsp3) is 0.353. The molecule has 1 saturated carbocycles. The van der Waals surface area contributed by atoms with E-state index in [1.807, 2.05) is 12.1 Å². The number of nitrogens with zero attached hydrogens (tertiary/aromatic N) is 4. The Morgan fingerprint density at radius 3 is 2.60 bits per heavy atom. The monoisotopic (exact) mass is 369 g/mol. The molecule has 1 aromatic carbocycles. The second-order valence-electron chi connectivity index (χ2n) is 5.83. The van der Waals surface area contributed by atoms with E-state index in [1.54, 1.807) is 12.1 Å². The van der Waals surface area contributed by atoms with Crippen molar-refractivity contribution in [2.75, 3.05) is 5.32 Å². The molecule has 8 heteroatoms. The van der Waals surface area contributed by atoms with Crippen LogP contribution in [0.2, 0.25) is 0 Å². The van der Waals surface area contributed by atoms with Crippen LogP contribution in [0.3, 0.4) is 0 Å². The van der Waals surface area contributed by atoms with E-state index in [4.69, 9.17) is 5.26 Å². The van der Waals surface area contributed by atoms with E-state index in [0.29, 0.717) is 29.3 Å². The molecule has 25 heavy (non-hydrogen) atoms. The van der Waals surface area contributed by atoms with Gasteiger partial charge in [0, 0.05) is 5.75 Å². The first-order valence-electron chi connectivity index (χ1n) is 7.83. The van der Waals surface area contributed by atoms with Crippen LogP contribution in [-0.4, -0.2) is 16.1 Å². The Morgan fingerprint density at radius 1 is 1.24 bits per heavy atom. The van der Waals surface area contributed by atoms with Crippen molar-refractivity contribution in [2.45, 2.75) is 35.8 Å². The van der Waals surface area contributed by atoms with Crippen LogP contribution in [0.25, 0.3) is 0 Å². The van der Waals surface area contributed by atoms with E-state index in [9.17, 15) is 10.1 Å². The molecule has 0 bridgehead atoms. The molecule has 0 unspecified atom stereocenters. The summed E-state index contributed by atoms with van der Waals surface area (Å²) >= 11 is 2.82. The zero-order chi connectivity index (χ0) is 17.7. The van der Waals surface area contributed by atoms with Crippen LogP contribution in [0, 0.1) is 28.1 Å². The van der Waals surface area contributed by atoms with E-state index >= 15 is 0 Å². The zero-order valence-corrected chi connectivity index (χ0v) is 15.0. The maximum absolute atomic E-state index is 12.4. The molecule has 1 amide bonds. The van der Waals surface area contributed by atoms with Crippen molar-refractivity contribution in [1.82, 2.24) is 10.2 Å². The molecule has 0 radical (unpaired) electrons. The minimum atomic E-state index is -0.915. The van der Waals surface area contributed by atoms with Gasteiger partial charge in [-0.25, -0.2) is 0 Å². The fourth-order valence-corrected chi connectivity index (χ4v) is 4.43. The average Bonchev–Trinajstić information content (AvgIpc) is 3.30. The van der Waals surface area contributed by atoms with Gasteiger partial charge in [-0.05, 0) is 30.5 Å². The van der Waals surface area contributed by atoms with E-state index in [2.05, 4.69) is 27.7 Å². The largest absolute Gasteiger partial charge is 0.299 e. The summed E-state index contributed by atoms with van der Waals surface area (Å²) in [5.41, 5.74) is 0.800. The number of benzene rings is 1. The Morgan fingerprint density at radius 2 is 1.96 bits per heavy atom. The first-order valence-corrected chi connectivity index (χ1v) is 9.63. The van der Waals surface area contributed by atoms with Crippen LogP contribution in [0.5, 0.6) is 0 Å². The number of nitriles is 2. The smallest absolute Gasteiger partial charge is 0.246 e. The predicted octanol–water partition coefficient (Wildman–Crippen LogP) is 3.72. The summed E-state index contributed by atoms with van der Waals surface area (Å²) in [6.45, 7) is 0. The zero-order valence-electron chi connectivity index (χ0n) is 13.4. The lowest BCUT2D eigenvalue weighted by Gasteiger charge is -2.17. The van der Waals surface area contributed by atoms with Crippen molar-refractivity contribution in [1.29, 1.82) is 10.5 Å². The highest BCUT2D eigenvalue weighted by Crippen LogP contribution is 2.39. The van der Waals surface area contributed by atoms with Crippen molar-refractivity contribution in [3.8, 4) is 12.1 Å². The summed E-state index contributed by atoms with van der Waals surface area (Å²) < 4.78 is 0.747. The number of carbonyl (C=O) groups is 1. The van der Waals surface area contributed by atoms with Crippen molar-refractivity contribution >= 4 is 34.1 Å². The number of hydrogen-bond acceptors (Lipinski definition) is 7. The number of nitrogens with one attached hydrogen (secondary N) is 1. The average molecular weight is 369 g/mol. The molecule has 1 aliphatic rings. The van der Waals surface area contributed by atoms with Gasteiger partial charge in [-0.2, -0.15) is 10.5 Å². The van der Waals surface area contributed by atoms with Gasteiger partial charge in [0.15, 0.2) is 4.34 Å². The maximum Gasteiger partial charge on any atom is 0.246 e. The first-order chi connectivity index (χ1) is 12.1. The molecule has 0 spiro atoms. The lowest BCUT2D eigenvalue weighted by molar-refractivity contribution is -0.122.